The van der Waals surface area contributed by atoms with E-state index in [1.54, 1.807) is 0 Å². The number of nitrogens with zero attached hydrogens (tertiary/aromatic N) is 1. The largest absolute Gasteiger partial charge is 0.462 e. The number of alkyl halides is 11. The van der Waals surface area contributed by atoms with Crippen molar-refractivity contribution in [2.45, 2.75) is 30.2 Å². The summed E-state index contributed by atoms with van der Waals surface area (Å²) in [6.07, 6.45) is -21.4. The van der Waals surface area contributed by atoms with Crippen LogP contribution in [0.4, 0.5) is 59.7 Å². The highest BCUT2D eigenvalue weighted by molar-refractivity contribution is 6.31. The van der Waals surface area contributed by atoms with Crippen LogP contribution in [-0.4, -0.2) is 41.1 Å². The van der Waals surface area contributed by atoms with Crippen molar-refractivity contribution in [1.29, 1.82) is 0 Å². The predicted octanol–water partition coefficient (Wildman–Crippen LogP) is 5.22. The third kappa shape index (κ3) is 4.66. The average Bonchev–Trinajstić information content (AvgIpc) is 2.53. The molecule has 0 spiro atoms. The quantitative estimate of drug-likeness (QED) is 0.341. The molecule has 1 atom stereocenters. The molecule has 18 heteroatoms. The fraction of sp³-hybridized carbons (Fsp3) is 0.417. The van der Waals surface area contributed by atoms with Crippen molar-refractivity contribution in [3.05, 3.63) is 33.3 Å². The molecule has 0 radical (unpaired) electrons. The highest BCUT2D eigenvalue weighted by atomic mass is 35.5. The first-order valence-electron chi connectivity index (χ1n) is 6.71. The maximum Gasteiger partial charge on any atom is 0.462 e. The zero-order valence-corrected chi connectivity index (χ0v) is 14.1. The number of amides is 1. The summed E-state index contributed by atoms with van der Waals surface area (Å²) in [6.45, 7) is 0. The fourth-order valence-electron chi connectivity index (χ4n) is 1.60. The van der Waals surface area contributed by atoms with E-state index < -0.39 is 57.5 Å². The van der Waals surface area contributed by atoms with Gasteiger partial charge < -0.3 is 5.32 Å². The molecule has 0 aromatic heterocycles. The van der Waals surface area contributed by atoms with Gasteiger partial charge in [-0.1, -0.05) is 11.6 Å². The van der Waals surface area contributed by atoms with Gasteiger partial charge in [0.25, 0.3) is 11.6 Å². The molecule has 0 bridgehead atoms. The molecule has 1 amide bonds. The molecule has 170 valence electrons. The molecule has 0 saturated carbocycles. The SMILES string of the molecule is O=C(Nc1ccc(Cl)cc1[N+](=O)[O-])[C@](F)(OC(F)(F)C(F)(F)C(F)(F)F)C(F)(F)F. The first-order chi connectivity index (χ1) is 13.2. The lowest BCUT2D eigenvalue weighted by molar-refractivity contribution is -0.472. The number of hydrogen-bond donors (Lipinski definition) is 1. The van der Waals surface area contributed by atoms with Crippen molar-refractivity contribution in [3.8, 4) is 0 Å². The molecule has 1 rings (SSSR count). The van der Waals surface area contributed by atoms with E-state index in [0.29, 0.717) is 18.2 Å². The lowest BCUT2D eigenvalue weighted by Crippen LogP contribution is -2.62. The van der Waals surface area contributed by atoms with Crippen molar-refractivity contribution in [2.75, 3.05) is 5.32 Å². The van der Waals surface area contributed by atoms with Crippen LogP contribution < -0.4 is 5.32 Å². The van der Waals surface area contributed by atoms with Gasteiger partial charge in [-0.15, -0.1) is 0 Å². The van der Waals surface area contributed by atoms with Crippen LogP contribution in [0.2, 0.25) is 5.02 Å². The van der Waals surface area contributed by atoms with E-state index in [1.165, 1.54) is 0 Å². The van der Waals surface area contributed by atoms with Gasteiger partial charge >= 0.3 is 30.2 Å². The lowest BCUT2D eigenvalue weighted by Gasteiger charge is -2.34. The van der Waals surface area contributed by atoms with Gasteiger partial charge in [0.05, 0.1) is 4.92 Å². The molecule has 6 nitrogen and oxygen atoms in total. The van der Waals surface area contributed by atoms with Crippen LogP contribution >= 0.6 is 11.6 Å². The number of hydrogen-bond acceptors (Lipinski definition) is 4. The summed E-state index contributed by atoms with van der Waals surface area (Å²) in [5.74, 6) is -17.3. The van der Waals surface area contributed by atoms with Crippen LogP contribution in [0.15, 0.2) is 18.2 Å². The Balaban J connectivity index is 3.44. The Morgan fingerprint density at radius 2 is 1.47 bits per heavy atom. The Morgan fingerprint density at radius 3 is 1.87 bits per heavy atom. The Kier molecular flexibility index (Phi) is 6.55. The third-order valence-electron chi connectivity index (χ3n) is 3.05. The Labute approximate surface area is 161 Å². The number of carbonyl (C=O) groups is 1. The van der Waals surface area contributed by atoms with Crippen LogP contribution in [0.1, 0.15) is 0 Å². The van der Waals surface area contributed by atoms with Gasteiger partial charge in [-0.05, 0) is 12.1 Å². The summed E-state index contributed by atoms with van der Waals surface area (Å²) >= 11 is 5.36. The molecule has 0 aliphatic heterocycles. The van der Waals surface area contributed by atoms with Crippen molar-refractivity contribution in [2.24, 2.45) is 0 Å². The average molecular weight is 485 g/mol. The molecule has 1 aromatic rings. The molecule has 0 heterocycles. The topological polar surface area (TPSA) is 81.5 Å². The van der Waals surface area contributed by atoms with Crippen LogP contribution in [0, 0.1) is 10.1 Å². The summed E-state index contributed by atoms with van der Waals surface area (Å²) in [6, 6.07) is 1.47. The van der Waals surface area contributed by atoms with Crippen molar-refractivity contribution >= 4 is 28.9 Å². The zero-order valence-electron chi connectivity index (χ0n) is 13.3. The summed E-state index contributed by atoms with van der Waals surface area (Å²) in [7, 11) is 0. The van der Waals surface area contributed by atoms with E-state index in [-0.39, 0.29) is 0 Å². The number of anilines is 1. The van der Waals surface area contributed by atoms with Crippen LogP contribution in [0.25, 0.3) is 0 Å². The second-order valence-corrected chi connectivity index (χ2v) is 5.59. The smallest absolute Gasteiger partial charge is 0.315 e. The number of halogens is 12. The second kappa shape index (κ2) is 7.68. The van der Waals surface area contributed by atoms with Crippen LogP contribution in [-0.2, 0) is 9.53 Å². The van der Waals surface area contributed by atoms with Gasteiger partial charge in [0.1, 0.15) is 5.69 Å². The molecule has 0 saturated heterocycles. The molecule has 0 fully saturated rings. The van der Waals surface area contributed by atoms with E-state index in [9.17, 15) is 63.2 Å². The number of carbonyl (C=O) groups excluding carboxylic acids is 1. The first kappa shape index (κ1) is 25.6. The standard InChI is InChI=1S/C12H4ClF11N2O4/c13-4-1-2-5(6(3-4)26(28)29)25-7(27)8(14,10(17,18)19)30-12(23,24)9(15,16)11(20,21)22/h1-3H,(H,25,27)/t8-/m0/s1. The van der Waals surface area contributed by atoms with Gasteiger partial charge in [0.2, 0.25) is 0 Å². The van der Waals surface area contributed by atoms with Crippen molar-refractivity contribution < 1.29 is 62.7 Å². The fourth-order valence-corrected chi connectivity index (χ4v) is 1.77. The molecule has 0 unspecified atom stereocenters. The maximum absolute atomic E-state index is 14.1. The van der Waals surface area contributed by atoms with Gasteiger partial charge in [-0.2, -0.15) is 48.3 Å². The maximum atomic E-state index is 14.1. The number of nitro groups is 1. The molecule has 0 aliphatic rings. The highest BCUT2D eigenvalue weighted by Gasteiger charge is 2.79. The summed E-state index contributed by atoms with van der Waals surface area (Å²) in [5.41, 5.74) is -2.62. The van der Waals surface area contributed by atoms with E-state index in [0.717, 1.165) is 5.32 Å². The van der Waals surface area contributed by atoms with Gasteiger partial charge in [0, 0.05) is 11.1 Å². The molecule has 1 N–H and O–H groups in total. The minimum atomic E-state index is -7.37. The van der Waals surface area contributed by atoms with Crippen molar-refractivity contribution in [1.82, 2.24) is 0 Å². The predicted molar refractivity (Wildman–Crippen MR) is 73.7 cm³/mol. The van der Waals surface area contributed by atoms with E-state index in [2.05, 4.69) is 0 Å². The minimum Gasteiger partial charge on any atom is -0.315 e. The molecule has 30 heavy (non-hydrogen) atoms. The molecular weight excluding hydrogens is 481 g/mol. The van der Waals surface area contributed by atoms with Crippen LogP contribution in [0.5, 0.6) is 0 Å². The number of benzene rings is 1. The number of nitrogens with one attached hydrogen (secondary N) is 1. The number of rotatable bonds is 6. The summed E-state index contributed by atoms with van der Waals surface area (Å²) < 4.78 is 142. The van der Waals surface area contributed by atoms with Gasteiger partial charge in [-0.3, -0.25) is 19.6 Å². The Bertz CT molecular complexity index is 842. The third-order valence-corrected chi connectivity index (χ3v) is 3.29. The second-order valence-electron chi connectivity index (χ2n) is 5.16. The molecule has 0 aliphatic carbocycles. The van der Waals surface area contributed by atoms with E-state index in [4.69, 9.17) is 11.6 Å². The van der Waals surface area contributed by atoms with E-state index in [1.807, 2.05) is 4.74 Å². The zero-order chi connectivity index (χ0) is 23.9. The van der Waals surface area contributed by atoms with Gasteiger partial charge in [0.15, 0.2) is 0 Å². The Hall–Kier alpha value is -2.43. The summed E-state index contributed by atoms with van der Waals surface area (Å²) in [4.78, 5) is 20.9. The van der Waals surface area contributed by atoms with Crippen LogP contribution in [0.3, 0.4) is 0 Å². The van der Waals surface area contributed by atoms with Gasteiger partial charge in [-0.25, -0.2) is 0 Å². The number of ether oxygens (including phenoxy) is 1. The van der Waals surface area contributed by atoms with Crippen molar-refractivity contribution in [3.63, 3.8) is 0 Å². The molecule has 1 aromatic carbocycles. The monoisotopic (exact) mass is 484 g/mol. The minimum absolute atomic E-state index is 0.387. The summed E-state index contributed by atoms with van der Waals surface area (Å²) in [5, 5.41) is 11.1. The Morgan fingerprint density at radius 1 is 0.967 bits per heavy atom. The van der Waals surface area contributed by atoms with E-state index >= 15 is 0 Å². The lowest BCUT2D eigenvalue weighted by atomic mass is 10.2. The molecular formula is C12H4ClF11N2O4. The normalized spacial score (nSPS) is 15.5. The first-order valence-corrected chi connectivity index (χ1v) is 7.08. The number of nitro benzene ring substituents is 1. The highest BCUT2D eigenvalue weighted by Crippen LogP contribution is 2.51.